The van der Waals surface area contributed by atoms with Crippen LogP contribution >= 0.6 is 0 Å². The summed E-state index contributed by atoms with van der Waals surface area (Å²) >= 11 is 0. The number of amides is 2. The van der Waals surface area contributed by atoms with Crippen LogP contribution in [0.3, 0.4) is 0 Å². The summed E-state index contributed by atoms with van der Waals surface area (Å²) in [5.41, 5.74) is 1.24. The zero-order chi connectivity index (χ0) is 26.8. The molecule has 0 saturated carbocycles. The largest absolute Gasteiger partial charge is 0.497 e. The molecule has 2 heterocycles. The predicted octanol–water partition coefficient (Wildman–Crippen LogP) is 2.09. The Hall–Kier alpha value is -3.95. The van der Waals surface area contributed by atoms with Crippen LogP contribution in [0, 0.1) is 11.8 Å². The smallest absolute Gasteiger partial charge is 0.281 e. The van der Waals surface area contributed by atoms with E-state index < -0.39 is 35.7 Å². The van der Waals surface area contributed by atoms with E-state index in [0.29, 0.717) is 33.8 Å². The number of rotatable bonds is 4. The first kappa shape index (κ1) is 24.4. The molecule has 2 aromatic carbocycles. The highest BCUT2D eigenvalue weighted by Crippen LogP contribution is 2.53. The minimum absolute atomic E-state index is 0.108. The van der Waals surface area contributed by atoms with E-state index in [1.807, 2.05) is 30.3 Å². The van der Waals surface area contributed by atoms with E-state index in [4.69, 9.17) is 14.2 Å². The van der Waals surface area contributed by atoms with Crippen LogP contribution in [0.2, 0.25) is 0 Å². The molecule has 38 heavy (non-hydrogen) atoms. The molecule has 196 valence electrons. The number of ether oxygens (including phenoxy) is 3. The van der Waals surface area contributed by atoms with Crippen molar-refractivity contribution in [3.63, 3.8) is 0 Å². The molecule has 1 spiro atoms. The summed E-state index contributed by atoms with van der Waals surface area (Å²) in [6, 6.07) is 12.8. The number of nitrogens with one attached hydrogen (secondary N) is 1. The van der Waals surface area contributed by atoms with Gasteiger partial charge < -0.3 is 29.5 Å². The van der Waals surface area contributed by atoms with Crippen molar-refractivity contribution in [3.05, 3.63) is 76.9 Å². The number of nitrogens with zero attached hydrogens (tertiary/aromatic N) is 1. The number of hydrogen-bond donors (Lipinski definition) is 2. The highest BCUT2D eigenvalue weighted by molar-refractivity contribution is 6.10. The van der Waals surface area contributed by atoms with E-state index in [1.54, 1.807) is 31.2 Å². The molecule has 1 fully saturated rings. The summed E-state index contributed by atoms with van der Waals surface area (Å²) in [5.74, 6) is -1.66. The molecular weight excluding hydrogens is 488 g/mol. The van der Waals surface area contributed by atoms with Crippen molar-refractivity contribution < 1.29 is 33.7 Å². The van der Waals surface area contributed by atoms with Gasteiger partial charge in [0.25, 0.3) is 5.91 Å². The first-order chi connectivity index (χ1) is 18.3. The molecule has 2 amide bonds. The fraction of sp³-hybridized carbons (Fsp3) is 0.345. The summed E-state index contributed by atoms with van der Waals surface area (Å²) in [7, 11) is 2.98. The van der Waals surface area contributed by atoms with Crippen molar-refractivity contribution in [3.8, 4) is 11.5 Å². The summed E-state index contributed by atoms with van der Waals surface area (Å²) in [6.45, 7) is 1.93. The van der Waals surface area contributed by atoms with Gasteiger partial charge >= 0.3 is 0 Å². The quantitative estimate of drug-likeness (QED) is 0.598. The zero-order valence-electron chi connectivity index (χ0n) is 21.3. The summed E-state index contributed by atoms with van der Waals surface area (Å²) in [5, 5.41) is 13.8. The Morgan fingerprint density at radius 2 is 1.87 bits per heavy atom. The van der Waals surface area contributed by atoms with Gasteiger partial charge in [0.15, 0.2) is 5.78 Å². The lowest BCUT2D eigenvalue weighted by molar-refractivity contribution is -0.179. The molecule has 5 atom stereocenters. The van der Waals surface area contributed by atoms with Gasteiger partial charge in [0, 0.05) is 18.5 Å². The zero-order valence-corrected chi connectivity index (χ0v) is 21.3. The van der Waals surface area contributed by atoms with Crippen LogP contribution in [0.1, 0.15) is 28.4 Å². The van der Waals surface area contributed by atoms with Gasteiger partial charge in [-0.15, -0.1) is 0 Å². The molecule has 2 aliphatic carbocycles. The highest BCUT2D eigenvalue weighted by Gasteiger charge is 2.59. The average molecular weight is 517 g/mol. The van der Waals surface area contributed by atoms with Crippen LogP contribution in [0.15, 0.2) is 60.2 Å². The Morgan fingerprint density at radius 1 is 1.11 bits per heavy atom. The fourth-order valence-corrected chi connectivity index (χ4v) is 6.21. The Labute approximate surface area is 219 Å². The molecule has 9 heteroatoms. The first-order valence-electron chi connectivity index (χ1n) is 12.5. The normalized spacial score (nSPS) is 29.7. The lowest BCUT2D eigenvalue weighted by Crippen LogP contribution is -2.70. The van der Waals surface area contributed by atoms with E-state index in [1.165, 1.54) is 19.1 Å². The van der Waals surface area contributed by atoms with Crippen molar-refractivity contribution in [1.82, 2.24) is 10.2 Å². The Balaban J connectivity index is 1.54. The number of ketones is 1. The number of aliphatic hydroxyl groups is 1. The first-order valence-corrected chi connectivity index (χ1v) is 12.5. The van der Waals surface area contributed by atoms with E-state index >= 15 is 0 Å². The Kier molecular flexibility index (Phi) is 5.66. The van der Waals surface area contributed by atoms with Gasteiger partial charge in [0.2, 0.25) is 11.6 Å². The highest BCUT2D eigenvalue weighted by atomic mass is 16.5. The molecular formula is C29H28N2O7. The molecule has 4 aliphatic rings. The fourth-order valence-electron chi connectivity index (χ4n) is 6.21. The third-order valence-electron chi connectivity index (χ3n) is 7.87. The summed E-state index contributed by atoms with van der Waals surface area (Å²) in [4.78, 5) is 42.3. The van der Waals surface area contributed by atoms with Gasteiger partial charge in [-0.2, -0.15) is 0 Å². The summed E-state index contributed by atoms with van der Waals surface area (Å²) < 4.78 is 17.5. The van der Waals surface area contributed by atoms with Crippen molar-refractivity contribution in [2.75, 3.05) is 20.8 Å². The summed E-state index contributed by atoms with van der Waals surface area (Å²) in [6.07, 6.45) is 1.43. The molecule has 5 unspecified atom stereocenters. The number of hydrogen-bond acceptors (Lipinski definition) is 7. The molecule has 2 N–H and O–H groups in total. The Morgan fingerprint density at radius 3 is 2.58 bits per heavy atom. The second kappa shape index (κ2) is 8.82. The van der Waals surface area contributed by atoms with E-state index in [-0.39, 0.29) is 24.8 Å². The second-order valence-electron chi connectivity index (χ2n) is 10.1. The number of methoxy groups -OCH3 is 2. The second-order valence-corrected chi connectivity index (χ2v) is 10.1. The van der Waals surface area contributed by atoms with E-state index in [0.717, 1.165) is 5.56 Å². The standard InChI is InChI=1S/C29H28N2O7/c1-15-9-20(32)25-24-19(18-10-17(36-2)11-21(37-3)23(18)26(25)34)12-29(38-27(15)24)28(35)31(14-22(33)30-29)13-16-7-5-4-6-8-16/h4-12,20,24-25,27,32H,13-14H2,1-3H3,(H,30,33). The monoisotopic (exact) mass is 516 g/mol. The maximum absolute atomic E-state index is 14.0. The molecule has 9 nitrogen and oxygen atoms in total. The van der Waals surface area contributed by atoms with E-state index in [9.17, 15) is 19.5 Å². The number of carbonyl (C=O) groups excluding carboxylic acids is 3. The molecule has 0 aromatic heterocycles. The van der Waals surface area contributed by atoms with Crippen molar-refractivity contribution >= 4 is 23.2 Å². The van der Waals surface area contributed by atoms with E-state index in [2.05, 4.69) is 5.32 Å². The molecule has 2 aromatic rings. The maximum Gasteiger partial charge on any atom is 0.281 e. The van der Waals surface area contributed by atoms with Crippen LogP contribution in [-0.2, 0) is 20.9 Å². The van der Waals surface area contributed by atoms with Crippen LogP contribution in [0.5, 0.6) is 11.5 Å². The average Bonchev–Trinajstić information content (AvgIpc) is 2.91. The van der Waals surface area contributed by atoms with Gasteiger partial charge in [-0.1, -0.05) is 36.4 Å². The predicted molar refractivity (Wildman–Crippen MR) is 136 cm³/mol. The SMILES string of the molecule is COc1cc(OC)c2c(c1)C1=CC3(NC(=O)CN(Cc4ccccc4)C3=O)OC3C(C)=CC(O)C(C2=O)C13. The molecule has 0 radical (unpaired) electrons. The minimum Gasteiger partial charge on any atom is -0.497 e. The molecule has 0 bridgehead atoms. The van der Waals surface area contributed by atoms with Crippen LogP contribution in [-0.4, -0.2) is 66.3 Å². The van der Waals surface area contributed by atoms with Crippen molar-refractivity contribution in [2.45, 2.75) is 31.4 Å². The minimum atomic E-state index is -1.78. The van der Waals surface area contributed by atoms with Crippen molar-refractivity contribution in [1.29, 1.82) is 0 Å². The third kappa shape index (κ3) is 3.57. The number of aliphatic hydroxyl groups excluding tert-OH is 1. The number of carbonyl (C=O) groups is 3. The van der Waals surface area contributed by atoms with Crippen LogP contribution in [0.4, 0.5) is 0 Å². The van der Waals surface area contributed by atoms with Gasteiger partial charge in [-0.25, -0.2) is 0 Å². The molecule has 6 rings (SSSR count). The topological polar surface area (TPSA) is 114 Å². The number of benzene rings is 2. The van der Waals surface area contributed by atoms with Gasteiger partial charge in [-0.05, 0) is 41.3 Å². The number of fused-ring (bicyclic) bond motifs is 2. The van der Waals surface area contributed by atoms with Gasteiger partial charge in [-0.3, -0.25) is 14.4 Å². The lowest BCUT2D eigenvalue weighted by atomic mass is 9.62. The Bertz CT molecular complexity index is 1420. The molecule has 1 saturated heterocycles. The third-order valence-corrected chi connectivity index (χ3v) is 7.87. The van der Waals surface area contributed by atoms with Crippen LogP contribution in [0.25, 0.3) is 5.57 Å². The number of Topliss-reactive ketones (excluding diaryl/α,β-unsaturated/α-hetero) is 1. The van der Waals surface area contributed by atoms with Crippen LogP contribution < -0.4 is 14.8 Å². The van der Waals surface area contributed by atoms with Gasteiger partial charge in [0.05, 0.1) is 37.9 Å². The lowest BCUT2D eigenvalue weighted by Gasteiger charge is -2.52. The maximum atomic E-state index is 14.0. The molecule has 2 aliphatic heterocycles. The number of piperazine rings is 1. The van der Waals surface area contributed by atoms with Gasteiger partial charge in [0.1, 0.15) is 18.0 Å². The van der Waals surface area contributed by atoms with Crippen molar-refractivity contribution in [2.24, 2.45) is 11.8 Å².